The topological polar surface area (TPSA) is 41.1 Å². The maximum atomic E-state index is 11.1. The van der Waals surface area contributed by atoms with Crippen LogP contribution in [0.1, 0.15) is 42.9 Å². The molecule has 0 rings (SSSR count). The Bertz CT molecular complexity index is 155. The van der Waals surface area contributed by atoms with Crippen LogP contribution in [-0.2, 0) is 4.79 Å². The van der Waals surface area contributed by atoms with Crippen molar-refractivity contribution in [3.05, 3.63) is 0 Å². The smallest absolute Gasteiger partial charge is 0.233 e. The van der Waals surface area contributed by atoms with Crippen molar-refractivity contribution in [1.29, 1.82) is 0 Å². The average Bonchev–Trinajstić information content (AvgIpc) is 2.13. The summed E-state index contributed by atoms with van der Waals surface area (Å²) in [6.45, 7) is 8.56. The minimum atomic E-state index is 0. The number of likely N-dealkylation sites (N-methyl/N-ethyl adjacent to an activating group) is 1. The fourth-order valence-electron chi connectivity index (χ4n) is 1.21. The van der Waals surface area contributed by atoms with E-state index in [1.165, 1.54) is 12.8 Å². The van der Waals surface area contributed by atoms with Gasteiger partial charge in [0.25, 0.3) is 0 Å². The molecule has 3 heteroatoms. The fourth-order valence-corrected chi connectivity index (χ4v) is 1.21. The van der Waals surface area contributed by atoms with Crippen molar-refractivity contribution in [3.63, 3.8) is 0 Å². The maximum absolute atomic E-state index is 11.1. The summed E-state index contributed by atoms with van der Waals surface area (Å²) in [5, 5.41) is 5.88. The van der Waals surface area contributed by atoms with Gasteiger partial charge in [0.05, 0.1) is 6.54 Å². The number of rotatable bonds is 8. The van der Waals surface area contributed by atoms with Gasteiger partial charge in [0.1, 0.15) is 0 Å². The third-order valence-corrected chi connectivity index (χ3v) is 2.07. The third-order valence-electron chi connectivity index (χ3n) is 2.07. The second-order valence-corrected chi connectivity index (χ2v) is 4.02. The molecule has 0 saturated heterocycles. The van der Waals surface area contributed by atoms with Gasteiger partial charge in [-0.1, -0.05) is 33.6 Å². The molecule has 88 valence electrons. The van der Waals surface area contributed by atoms with Crippen LogP contribution in [-0.4, -0.2) is 25.5 Å². The zero-order chi connectivity index (χ0) is 10.8. The van der Waals surface area contributed by atoms with E-state index >= 15 is 0 Å². The van der Waals surface area contributed by atoms with Gasteiger partial charge < -0.3 is 10.6 Å². The number of hydrogen-bond acceptors (Lipinski definition) is 2. The first-order valence-electron chi connectivity index (χ1n) is 5.64. The molecule has 0 aromatic carbocycles. The quantitative estimate of drug-likeness (QED) is 0.594. The summed E-state index contributed by atoms with van der Waals surface area (Å²) in [6.07, 6.45) is 3.55. The molecule has 1 amide bonds. The summed E-state index contributed by atoms with van der Waals surface area (Å²) < 4.78 is 0. The summed E-state index contributed by atoms with van der Waals surface area (Å²) >= 11 is 0. The molecule has 0 saturated carbocycles. The summed E-state index contributed by atoms with van der Waals surface area (Å²) in [4.78, 5) is 11.1. The van der Waals surface area contributed by atoms with E-state index in [-0.39, 0.29) is 8.76 Å². The highest BCUT2D eigenvalue weighted by atomic mass is 16.1. The Morgan fingerprint density at radius 3 is 2.64 bits per heavy atom. The minimum absolute atomic E-state index is 0. The van der Waals surface area contributed by atoms with Crippen LogP contribution in [0.2, 0.25) is 0 Å². The molecule has 0 spiro atoms. The second-order valence-electron chi connectivity index (χ2n) is 4.02. The molecule has 0 fully saturated rings. The first kappa shape index (κ1) is 13.4. The Morgan fingerprint density at radius 2 is 2.07 bits per heavy atom. The minimum Gasteiger partial charge on any atom is -0.355 e. The third kappa shape index (κ3) is 9.52. The van der Waals surface area contributed by atoms with Crippen molar-refractivity contribution in [2.75, 3.05) is 19.6 Å². The van der Waals surface area contributed by atoms with Crippen LogP contribution < -0.4 is 10.6 Å². The zero-order valence-corrected chi connectivity index (χ0v) is 9.73. The standard InChI is InChI=1S/C11H24N2O.2H2/c1-4-12-9-11(14)13-8-6-5-7-10(2)3;;/h10,12H,4-9H2,1-3H3,(H,13,14);2*1H. The van der Waals surface area contributed by atoms with Crippen molar-refractivity contribution >= 4 is 5.91 Å². The monoisotopic (exact) mass is 204 g/mol. The van der Waals surface area contributed by atoms with Gasteiger partial charge >= 0.3 is 0 Å². The number of nitrogens with one attached hydrogen (secondary N) is 2. The van der Waals surface area contributed by atoms with Crippen molar-refractivity contribution in [2.24, 2.45) is 5.92 Å². The number of carbonyl (C=O) groups excluding carboxylic acids is 1. The SMILES string of the molecule is CCNCC(=O)NCCCCC(C)C.[HH].[HH]. The summed E-state index contributed by atoms with van der Waals surface area (Å²) in [7, 11) is 0. The van der Waals surface area contributed by atoms with Crippen LogP contribution >= 0.6 is 0 Å². The van der Waals surface area contributed by atoms with Crippen LogP contribution in [0, 0.1) is 5.92 Å². The highest BCUT2D eigenvalue weighted by Gasteiger charge is 1.98. The van der Waals surface area contributed by atoms with Crippen LogP contribution in [0.15, 0.2) is 0 Å². The van der Waals surface area contributed by atoms with Crippen LogP contribution in [0.25, 0.3) is 0 Å². The average molecular weight is 204 g/mol. The number of amides is 1. The zero-order valence-electron chi connectivity index (χ0n) is 9.73. The molecule has 0 bridgehead atoms. The predicted octanol–water partition coefficient (Wildman–Crippen LogP) is 2.03. The molecule has 0 aliphatic heterocycles. The van der Waals surface area contributed by atoms with Crippen molar-refractivity contribution in [2.45, 2.75) is 40.0 Å². The Kier molecular flexibility index (Phi) is 8.64. The Morgan fingerprint density at radius 1 is 1.36 bits per heavy atom. The number of hydrogen-bond donors (Lipinski definition) is 2. The lowest BCUT2D eigenvalue weighted by Crippen LogP contribution is -2.34. The van der Waals surface area contributed by atoms with Gasteiger partial charge in [-0.05, 0) is 18.9 Å². The number of carbonyl (C=O) groups is 1. The molecule has 2 N–H and O–H groups in total. The van der Waals surface area contributed by atoms with E-state index in [9.17, 15) is 4.79 Å². The molecule has 0 aromatic rings. The lowest BCUT2D eigenvalue weighted by atomic mass is 10.1. The van der Waals surface area contributed by atoms with E-state index in [0.29, 0.717) is 6.54 Å². The molecular weight excluding hydrogens is 176 g/mol. The first-order valence-corrected chi connectivity index (χ1v) is 5.64. The molecule has 0 heterocycles. The van der Waals surface area contributed by atoms with Crippen LogP contribution in [0.3, 0.4) is 0 Å². The van der Waals surface area contributed by atoms with Crippen molar-refractivity contribution in [3.8, 4) is 0 Å². The Balaban J connectivity index is -0.000000845. The lowest BCUT2D eigenvalue weighted by molar-refractivity contribution is -0.120. The van der Waals surface area contributed by atoms with E-state index in [1.54, 1.807) is 0 Å². The van der Waals surface area contributed by atoms with E-state index in [1.807, 2.05) is 6.92 Å². The van der Waals surface area contributed by atoms with Gasteiger partial charge in [0, 0.05) is 9.40 Å². The summed E-state index contributed by atoms with van der Waals surface area (Å²) in [5.41, 5.74) is 0. The molecule has 14 heavy (non-hydrogen) atoms. The predicted molar refractivity (Wildman–Crippen MR) is 64.5 cm³/mol. The maximum Gasteiger partial charge on any atom is 0.233 e. The highest BCUT2D eigenvalue weighted by Crippen LogP contribution is 2.04. The van der Waals surface area contributed by atoms with Gasteiger partial charge in [-0.2, -0.15) is 0 Å². The van der Waals surface area contributed by atoms with Crippen molar-refractivity contribution < 1.29 is 7.65 Å². The van der Waals surface area contributed by atoms with Gasteiger partial charge in [-0.15, -0.1) is 0 Å². The summed E-state index contributed by atoms with van der Waals surface area (Å²) in [6, 6.07) is 0. The first-order chi connectivity index (χ1) is 6.66. The van der Waals surface area contributed by atoms with Gasteiger partial charge in [0.2, 0.25) is 5.91 Å². The molecule has 0 aliphatic carbocycles. The fraction of sp³-hybridized carbons (Fsp3) is 0.909. The Hall–Kier alpha value is -0.570. The Labute approximate surface area is 90.6 Å². The normalized spacial score (nSPS) is 10.6. The molecule has 0 aliphatic rings. The summed E-state index contributed by atoms with van der Waals surface area (Å²) in [5.74, 6) is 0.879. The second kappa shape index (κ2) is 9.00. The van der Waals surface area contributed by atoms with E-state index in [0.717, 1.165) is 25.4 Å². The molecular formula is C11H28N2O. The van der Waals surface area contributed by atoms with Crippen LogP contribution in [0.5, 0.6) is 0 Å². The molecule has 0 radical (unpaired) electrons. The molecule has 0 unspecified atom stereocenters. The van der Waals surface area contributed by atoms with E-state index < -0.39 is 0 Å². The largest absolute Gasteiger partial charge is 0.355 e. The van der Waals surface area contributed by atoms with Gasteiger partial charge in [0.15, 0.2) is 0 Å². The highest BCUT2D eigenvalue weighted by molar-refractivity contribution is 5.77. The number of unbranched alkanes of at least 4 members (excludes halogenated alkanes) is 1. The van der Waals surface area contributed by atoms with Gasteiger partial charge in [-0.3, -0.25) is 4.79 Å². The van der Waals surface area contributed by atoms with Crippen LogP contribution in [0.4, 0.5) is 0 Å². The van der Waals surface area contributed by atoms with Gasteiger partial charge in [-0.25, -0.2) is 0 Å². The molecule has 0 atom stereocenters. The van der Waals surface area contributed by atoms with E-state index in [2.05, 4.69) is 24.5 Å². The van der Waals surface area contributed by atoms with Crippen molar-refractivity contribution in [1.82, 2.24) is 10.6 Å². The molecule has 0 aromatic heterocycles. The van der Waals surface area contributed by atoms with E-state index in [4.69, 9.17) is 0 Å². The molecule has 3 nitrogen and oxygen atoms in total. The lowest BCUT2D eigenvalue weighted by Gasteiger charge is -2.06.